The minimum atomic E-state index is -0.297. The van der Waals surface area contributed by atoms with E-state index in [9.17, 15) is 9.65 Å². The summed E-state index contributed by atoms with van der Waals surface area (Å²) >= 11 is 6.75. The van der Waals surface area contributed by atoms with Gasteiger partial charge in [-0.05, 0) is 55.5 Å². The van der Waals surface area contributed by atoms with Gasteiger partial charge in [-0.25, -0.2) is 9.40 Å². The highest BCUT2D eigenvalue weighted by molar-refractivity contribution is 6.35. The van der Waals surface area contributed by atoms with E-state index in [4.69, 9.17) is 11.6 Å². The van der Waals surface area contributed by atoms with E-state index >= 15 is 0 Å². The second-order valence-corrected chi connectivity index (χ2v) is 10.5. The number of nitrogens with one attached hydrogen (secondary N) is 4. The lowest BCUT2D eigenvalue weighted by molar-refractivity contribution is 0.260. The van der Waals surface area contributed by atoms with Gasteiger partial charge in [0.15, 0.2) is 0 Å². The van der Waals surface area contributed by atoms with Crippen molar-refractivity contribution in [3.63, 3.8) is 0 Å². The Bertz CT molecular complexity index is 1390. The van der Waals surface area contributed by atoms with Gasteiger partial charge in [-0.1, -0.05) is 36.6 Å². The zero-order valence-corrected chi connectivity index (χ0v) is 21.7. The number of halogens is 2. The van der Waals surface area contributed by atoms with Gasteiger partial charge in [0.05, 0.1) is 33.5 Å². The van der Waals surface area contributed by atoms with Crippen LogP contribution < -0.4 is 21.7 Å². The Morgan fingerprint density at radius 2 is 1.87 bits per heavy atom. The fraction of sp³-hybridized carbons (Fsp3) is 0.357. The molecule has 1 aromatic heterocycles. The molecule has 10 heteroatoms. The van der Waals surface area contributed by atoms with Gasteiger partial charge in [-0.2, -0.15) is 5.26 Å². The van der Waals surface area contributed by atoms with Crippen molar-refractivity contribution in [2.75, 3.05) is 23.8 Å². The number of rotatable bonds is 7. The first-order valence-electron chi connectivity index (χ1n) is 13.2. The average Bonchev–Trinajstić information content (AvgIpc) is 3.71. The summed E-state index contributed by atoms with van der Waals surface area (Å²) in [5.41, 5.74) is 14.4. The first-order chi connectivity index (χ1) is 18.6. The van der Waals surface area contributed by atoms with Crippen molar-refractivity contribution in [3.8, 4) is 6.07 Å². The predicted octanol–water partition coefficient (Wildman–Crippen LogP) is 5.58. The molecule has 1 saturated heterocycles. The highest BCUT2D eigenvalue weighted by Gasteiger charge is 2.32. The van der Waals surface area contributed by atoms with Gasteiger partial charge in [-0.3, -0.25) is 9.99 Å². The van der Waals surface area contributed by atoms with E-state index in [1.807, 2.05) is 12.1 Å². The molecule has 1 unspecified atom stereocenters. The van der Waals surface area contributed by atoms with Crippen molar-refractivity contribution in [2.24, 2.45) is 0 Å². The Morgan fingerprint density at radius 1 is 1.11 bits per heavy atom. The molecule has 1 aliphatic carbocycles. The van der Waals surface area contributed by atoms with E-state index in [-0.39, 0.29) is 11.9 Å². The third-order valence-corrected chi connectivity index (χ3v) is 7.58. The Labute approximate surface area is 226 Å². The molecule has 2 aliphatic heterocycles. The first-order valence-corrected chi connectivity index (χ1v) is 13.5. The molecule has 4 N–H and O–H groups in total. The molecular formula is C28H30ClFN8. The van der Waals surface area contributed by atoms with Crippen LogP contribution in [0.15, 0.2) is 54.5 Å². The smallest absolute Gasteiger partial charge is 0.123 e. The molecule has 8 nitrogen and oxygen atoms in total. The molecule has 196 valence electrons. The minimum Gasteiger partial charge on any atom is -0.373 e. The number of nitrogens with zero attached hydrogens (tertiary/aromatic N) is 4. The SMILES string of the molecule is N#Cc1cnc2c(Cl)cc(NC(C3=CN(C4CC4)NN3)c3ccc(F)cc3)cc2c1NN1CCCCCC1. The fourth-order valence-corrected chi connectivity index (χ4v) is 5.36. The Hall–Kier alpha value is -3.58. The van der Waals surface area contributed by atoms with Crippen LogP contribution >= 0.6 is 11.6 Å². The van der Waals surface area contributed by atoms with Crippen molar-refractivity contribution >= 4 is 33.9 Å². The quantitative estimate of drug-likeness (QED) is 0.313. The van der Waals surface area contributed by atoms with Gasteiger partial charge < -0.3 is 16.2 Å². The number of nitriles is 1. The highest BCUT2D eigenvalue weighted by atomic mass is 35.5. The van der Waals surface area contributed by atoms with Crippen molar-refractivity contribution in [1.82, 2.24) is 26.0 Å². The van der Waals surface area contributed by atoms with E-state index in [1.54, 1.807) is 18.3 Å². The van der Waals surface area contributed by atoms with Crippen LogP contribution in [0.1, 0.15) is 55.7 Å². The van der Waals surface area contributed by atoms with Gasteiger partial charge in [0.25, 0.3) is 0 Å². The van der Waals surface area contributed by atoms with Crippen LogP contribution in [0.2, 0.25) is 5.02 Å². The van der Waals surface area contributed by atoms with E-state index in [0.717, 1.165) is 61.1 Å². The van der Waals surface area contributed by atoms with Crippen LogP contribution in [0, 0.1) is 17.1 Å². The molecule has 3 aliphatic rings. The van der Waals surface area contributed by atoms with Crippen molar-refractivity contribution in [3.05, 3.63) is 76.5 Å². The largest absolute Gasteiger partial charge is 0.373 e. The zero-order valence-electron chi connectivity index (χ0n) is 21.0. The van der Waals surface area contributed by atoms with Crippen molar-refractivity contribution in [1.29, 1.82) is 5.26 Å². The van der Waals surface area contributed by atoms with Crippen molar-refractivity contribution < 1.29 is 4.39 Å². The maximum Gasteiger partial charge on any atom is 0.123 e. The molecule has 0 radical (unpaired) electrons. The molecule has 0 spiro atoms. The number of hydrogen-bond donors (Lipinski definition) is 4. The van der Waals surface area contributed by atoms with E-state index < -0.39 is 0 Å². The number of anilines is 2. The Balaban J connectivity index is 1.38. The molecule has 2 aromatic carbocycles. The summed E-state index contributed by atoms with van der Waals surface area (Å²) in [4.78, 5) is 4.50. The maximum absolute atomic E-state index is 13.8. The normalized spacial score (nSPS) is 18.9. The van der Waals surface area contributed by atoms with Crippen molar-refractivity contribution in [2.45, 2.75) is 50.6 Å². The van der Waals surface area contributed by atoms with Crippen LogP contribution in [0.25, 0.3) is 10.9 Å². The monoisotopic (exact) mass is 532 g/mol. The lowest BCUT2D eigenvalue weighted by Gasteiger charge is -2.25. The summed E-state index contributed by atoms with van der Waals surface area (Å²) in [6, 6.07) is 12.8. The molecule has 38 heavy (non-hydrogen) atoms. The Kier molecular flexibility index (Phi) is 6.94. The van der Waals surface area contributed by atoms with Gasteiger partial charge in [0, 0.05) is 42.6 Å². The number of benzene rings is 2. The van der Waals surface area contributed by atoms with Gasteiger partial charge in [0.2, 0.25) is 0 Å². The zero-order chi connectivity index (χ0) is 26.1. The van der Waals surface area contributed by atoms with Crippen LogP contribution in [-0.4, -0.2) is 34.1 Å². The third-order valence-electron chi connectivity index (χ3n) is 7.29. The number of pyridine rings is 1. The summed E-state index contributed by atoms with van der Waals surface area (Å²) in [5, 5.41) is 19.0. The molecule has 0 amide bonds. The fourth-order valence-electron chi connectivity index (χ4n) is 5.09. The van der Waals surface area contributed by atoms with Gasteiger partial charge in [0.1, 0.15) is 11.9 Å². The van der Waals surface area contributed by atoms with Gasteiger partial charge in [-0.15, -0.1) is 5.53 Å². The summed E-state index contributed by atoms with van der Waals surface area (Å²) in [6.45, 7) is 1.83. The number of fused-ring (bicyclic) bond motifs is 1. The summed E-state index contributed by atoms with van der Waals surface area (Å²) in [7, 11) is 0. The number of hydrazine groups is 3. The van der Waals surface area contributed by atoms with Crippen LogP contribution in [0.3, 0.4) is 0 Å². The maximum atomic E-state index is 13.8. The molecule has 3 aromatic rings. The van der Waals surface area contributed by atoms with Crippen LogP contribution in [0.5, 0.6) is 0 Å². The topological polar surface area (TPSA) is 91.3 Å². The predicted molar refractivity (Wildman–Crippen MR) is 147 cm³/mol. The highest BCUT2D eigenvalue weighted by Crippen LogP contribution is 2.37. The van der Waals surface area contributed by atoms with Crippen LogP contribution in [0.4, 0.5) is 15.8 Å². The lowest BCUT2D eigenvalue weighted by Crippen LogP contribution is -2.38. The molecule has 1 atom stereocenters. The van der Waals surface area contributed by atoms with Gasteiger partial charge >= 0.3 is 0 Å². The lowest BCUT2D eigenvalue weighted by atomic mass is 10.0. The van der Waals surface area contributed by atoms with E-state index in [0.29, 0.717) is 27.8 Å². The molecule has 2 fully saturated rings. The second-order valence-electron chi connectivity index (χ2n) is 10.1. The summed E-state index contributed by atoms with van der Waals surface area (Å²) in [6.07, 6.45) is 10.6. The molecular weight excluding hydrogens is 503 g/mol. The first kappa shape index (κ1) is 24.7. The van der Waals surface area contributed by atoms with Crippen LogP contribution in [-0.2, 0) is 0 Å². The average molecular weight is 533 g/mol. The van der Waals surface area contributed by atoms with E-state index in [1.165, 1.54) is 25.0 Å². The Morgan fingerprint density at radius 3 is 2.58 bits per heavy atom. The molecule has 0 bridgehead atoms. The number of hydrogen-bond acceptors (Lipinski definition) is 8. The molecule has 1 saturated carbocycles. The number of aromatic nitrogens is 1. The molecule has 6 rings (SSSR count). The summed E-state index contributed by atoms with van der Waals surface area (Å²) in [5.74, 6) is -0.285. The summed E-state index contributed by atoms with van der Waals surface area (Å²) < 4.78 is 13.8. The minimum absolute atomic E-state index is 0.285. The second kappa shape index (κ2) is 10.7. The van der Waals surface area contributed by atoms with E-state index in [2.05, 4.69) is 49.0 Å². The standard InChI is InChI=1S/C28H30ClFN8/c29-24-14-21(13-23-26(19(15-31)16-32-28(23)24)35-37-11-3-1-2-4-12-37)33-27(18-5-7-20(30)8-6-18)25-17-38(36-34-25)22-9-10-22/h5-8,13-14,16-17,22,27,33-34,36H,1-4,9-12H2,(H,32,35). The third kappa shape index (κ3) is 5.20. The molecule has 3 heterocycles.